The highest BCUT2D eigenvalue weighted by atomic mass is 32.1. The summed E-state index contributed by atoms with van der Waals surface area (Å²) in [6.07, 6.45) is 0.762. The number of carbonyl (C=O) groups is 1. The van der Waals surface area contributed by atoms with Crippen LogP contribution in [0.3, 0.4) is 0 Å². The van der Waals surface area contributed by atoms with Gasteiger partial charge in [0.25, 0.3) is 0 Å². The summed E-state index contributed by atoms with van der Waals surface area (Å²) in [6.45, 7) is 1.82. The minimum absolute atomic E-state index is 0.482. The Morgan fingerprint density at radius 1 is 1.19 bits per heavy atom. The SMILES string of the molecule is COc1cc(C=O)ccc1Oc1nc(C)nc2sccc12. The highest BCUT2D eigenvalue weighted by Crippen LogP contribution is 2.35. The van der Waals surface area contributed by atoms with Crippen LogP contribution >= 0.6 is 11.3 Å². The van der Waals surface area contributed by atoms with Gasteiger partial charge in [0.1, 0.15) is 16.9 Å². The highest BCUT2D eigenvalue weighted by molar-refractivity contribution is 7.16. The molecule has 2 aromatic heterocycles. The predicted molar refractivity (Wildman–Crippen MR) is 80.6 cm³/mol. The number of benzene rings is 1. The minimum Gasteiger partial charge on any atom is -0.493 e. The average Bonchev–Trinajstić information content (AvgIpc) is 2.96. The van der Waals surface area contributed by atoms with E-state index in [1.807, 2.05) is 18.4 Å². The van der Waals surface area contributed by atoms with Crippen molar-refractivity contribution in [3.63, 3.8) is 0 Å². The molecule has 21 heavy (non-hydrogen) atoms. The first-order valence-electron chi connectivity index (χ1n) is 6.24. The average molecular weight is 300 g/mol. The maximum atomic E-state index is 10.8. The first kappa shape index (κ1) is 13.5. The Morgan fingerprint density at radius 2 is 2.05 bits per heavy atom. The van der Waals surface area contributed by atoms with Crippen LogP contribution < -0.4 is 9.47 Å². The van der Waals surface area contributed by atoms with Crippen LogP contribution in [0.2, 0.25) is 0 Å². The van der Waals surface area contributed by atoms with Gasteiger partial charge in [0.2, 0.25) is 5.88 Å². The van der Waals surface area contributed by atoms with Crippen LogP contribution in [0.5, 0.6) is 17.4 Å². The van der Waals surface area contributed by atoms with Gasteiger partial charge < -0.3 is 9.47 Å². The van der Waals surface area contributed by atoms with E-state index in [9.17, 15) is 4.79 Å². The molecule has 3 aromatic rings. The van der Waals surface area contributed by atoms with E-state index in [0.717, 1.165) is 16.5 Å². The number of rotatable bonds is 4. The van der Waals surface area contributed by atoms with Crippen molar-refractivity contribution in [1.29, 1.82) is 0 Å². The highest BCUT2D eigenvalue weighted by Gasteiger charge is 2.12. The van der Waals surface area contributed by atoms with Crippen LogP contribution in [0.15, 0.2) is 29.6 Å². The van der Waals surface area contributed by atoms with E-state index in [1.165, 1.54) is 18.4 Å². The maximum absolute atomic E-state index is 10.8. The summed E-state index contributed by atoms with van der Waals surface area (Å²) in [7, 11) is 1.53. The molecule has 0 bridgehead atoms. The summed E-state index contributed by atoms with van der Waals surface area (Å²) < 4.78 is 11.1. The quantitative estimate of drug-likeness (QED) is 0.689. The van der Waals surface area contributed by atoms with Gasteiger partial charge in [-0.25, -0.2) is 4.98 Å². The molecule has 106 valence electrons. The van der Waals surface area contributed by atoms with Crippen LogP contribution in [0, 0.1) is 6.92 Å². The Hall–Kier alpha value is -2.47. The van der Waals surface area contributed by atoms with Crippen molar-refractivity contribution >= 4 is 27.8 Å². The molecule has 0 aliphatic carbocycles. The van der Waals surface area contributed by atoms with E-state index in [4.69, 9.17) is 9.47 Å². The smallest absolute Gasteiger partial charge is 0.231 e. The summed E-state index contributed by atoms with van der Waals surface area (Å²) in [5.74, 6) is 2.12. The summed E-state index contributed by atoms with van der Waals surface area (Å²) in [4.78, 5) is 20.4. The fourth-order valence-corrected chi connectivity index (χ4v) is 2.75. The largest absolute Gasteiger partial charge is 0.493 e. The first-order chi connectivity index (χ1) is 10.2. The summed E-state index contributed by atoms with van der Waals surface area (Å²) in [5.41, 5.74) is 0.527. The second-order valence-corrected chi connectivity index (χ2v) is 5.24. The van der Waals surface area contributed by atoms with Crippen LogP contribution in [0.1, 0.15) is 16.2 Å². The number of thiophene rings is 1. The standard InChI is InChI=1S/C15H12N2O3S/c1-9-16-14(11-5-6-21-15(11)17-9)20-12-4-3-10(8-18)7-13(12)19-2/h3-8H,1-2H3. The molecule has 0 unspecified atom stereocenters. The molecule has 2 heterocycles. The number of aromatic nitrogens is 2. The zero-order valence-corrected chi connectivity index (χ0v) is 12.3. The Kier molecular flexibility index (Phi) is 3.53. The lowest BCUT2D eigenvalue weighted by Crippen LogP contribution is -1.96. The lowest BCUT2D eigenvalue weighted by Gasteiger charge is -2.11. The number of hydrogen-bond acceptors (Lipinski definition) is 6. The van der Waals surface area contributed by atoms with Crippen LogP contribution in [-0.4, -0.2) is 23.4 Å². The molecule has 3 rings (SSSR count). The van der Waals surface area contributed by atoms with E-state index in [-0.39, 0.29) is 0 Å². The van der Waals surface area contributed by atoms with Crippen molar-refractivity contribution in [2.45, 2.75) is 6.92 Å². The number of fused-ring (bicyclic) bond motifs is 1. The normalized spacial score (nSPS) is 10.6. The van der Waals surface area contributed by atoms with Gasteiger partial charge in [0, 0.05) is 5.56 Å². The lowest BCUT2D eigenvalue weighted by atomic mass is 10.2. The number of hydrogen-bond donors (Lipinski definition) is 0. The molecule has 0 atom stereocenters. The number of nitrogens with zero attached hydrogens (tertiary/aromatic N) is 2. The summed E-state index contributed by atoms with van der Waals surface area (Å²) in [6, 6.07) is 6.91. The van der Waals surface area contributed by atoms with Gasteiger partial charge in [-0.3, -0.25) is 4.79 Å². The predicted octanol–water partition coefficient (Wildman–Crippen LogP) is 3.61. The number of methoxy groups -OCH3 is 1. The fourth-order valence-electron chi connectivity index (χ4n) is 1.95. The number of aryl methyl sites for hydroxylation is 1. The molecule has 0 saturated heterocycles. The lowest BCUT2D eigenvalue weighted by molar-refractivity contribution is 0.112. The Bertz CT molecular complexity index is 814. The molecule has 5 nitrogen and oxygen atoms in total. The van der Waals surface area contributed by atoms with E-state index < -0.39 is 0 Å². The second-order valence-electron chi connectivity index (χ2n) is 4.35. The molecular weight excluding hydrogens is 288 g/mol. The molecule has 0 radical (unpaired) electrons. The van der Waals surface area contributed by atoms with Gasteiger partial charge in [0.15, 0.2) is 11.5 Å². The molecular formula is C15H12N2O3S. The Labute approximate surface area is 125 Å². The molecule has 0 saturated carbocycles. The van der Waals surface area contributed by atoms with E-state index >= 15 is 0 Å². The van der Waals surface area contributed by atoms with Gasteiger partial charge in [-0.1, -0.05) is 0 Å². The Balaban J connectivity index is 2.06. The topological polar surface area (TPSA) is 61.3 Å². The van der Waals surface area contributed by atoms with E-state index in [0.29, 0.717) is 28.8 Å². The molecule has 1 aromatic carbocycles. The monoisotopic (exact) mass is 300 g/mol. The molecule has 0 fully saturated rings. The molecule has 0 aliphatic heterocycles. The minimum atomic E-state index is 0.482. The molecule has 0 spiro atoms. The van der Waals surface area contributed by atoms with Crippen molar-refractivity contribution in [3.05, 3.63) is 41.0 Å². The zero-order chi connectivity index (χ0) is 14.8. The van der Waals surface area contributed by atoms with Crippen molar-refractivity contribution < 1.29 is 14.3 Å². The van der Waals surface area contributed by atoms with Gasteiger partial charge in [-0.2, -0.15) is 4.98 Å². The summed E-state index contributed by atoms with van der Waals surface area (Å²) >= 11 is 1.53. The van der Waals surface area contributed by atoms with Gasteiger partial charge >= 0.3 is 0 Å². The Morgan fingerprint density at radius 3 is 2.81 bits per heavy atom. The maximum Gasteiger partial charge on any atom is 0.231 e. The second kappa shape index (κ2) is 5.49. The first-order valence-corrected chi connectivity index (χ1v) is 7.12. The van der Waals surface area contributed by atoms with Gasteiger partial charge in [0.05, 0.1) is 12.5 Å². The van der Waals surface area contributed by atoms with Crippen molar-refractivity contribution in [3.8, 4) is 17.4 Å². The van der Waals surface area contributed by atoms with E-state index in [2.05, 4.69) is 9.97 Å². The number of aldehydes is 1. The molecule has 0 N–H and O–H groups in total. The third kappa shape index (κ3) is 2.57. The van der Waals surface area contributed by atoms with Crippen LogP contribution in [0.25, 0.3) is 10.2 Å². The van der Waals surface area contributed by atoms with Gasteiger partial charge in [-0.05, 0) is 36.6 Å². The molecule has 0 aliphatic rings. The fraction of sp³-hybridized carbons (Fsp3) is 0.133. The third-order valence-electron chi connectivity index (χ3n) is 2.93. The van der Waals surface area contributed by atoms with Gasteiger partial charge in [-0.15, -0.1) is 11.3 Å². The zero-order valence-electron chi connectivity index (χ0n) is 11.5. The van der Waals surface area contributed by atoms with Crippen molar-refractivity contribution in [1.82, 2.24) is 9.97 Å². The number of carbonyl (C=O) groups excluding carboxylic acids is 1. The molecule has 0 amide bonds. The third-order valence-corrected chi connectivity index (χ3v) is 3.74. The van der Waals surface area contributed by atoms with Crippen LogP contribution in [0.4, 0.5) is 0 Å². The molecule has 6 heteroatoms. The van der Waals surface area contributed by atoms with Crippen LogP contribution in [-0.2, 0) is 0 Å². The van der Waals surface area contributed by atoms with Crippen molar-refractivity contribution in [2.75, 3.05) is 7.11 Å². The van der Waals surface area contributed by atoms with E-state index in [1.54, 1.807) is 18.2 Å². The number of ether oxygens (including phenoxy) is 2. The summed E-state index contributed by atoms with van der Waals surface area (Å²) in [5, 5.41) is 2.80. The van der Waals surface area contributed by atoms with Crippen molar-refractivity contribution in [2.24, 2.45) is 0 Å².